The molecule has 0 radical (unpaired) electrons. The standard InChI is InChI=1S/C2H7NPS/c1-4(3)5-2/h3H,1-2H3/q+1. The van der Waals surface area contributed by atoms with Crippen molar-refractivity contribution in [2.75, 3.05) is 12.9 Å². The van der Waals surface area contributed by atoms with Crippen LogP contribution in [0.5, 0.6) is 0 Å². The Balaban J connectivity index is 2.85. The van der Waals surface area contributed by atoms with Gasteiger partial charge in [0.1, 0.15) is 6.66 Å². The first-order chi connectivity index (χ1) is 2.27. The van der Waals surface area contributed by atoms with Gasteiger partial charge in [-0.05, 0) is 0 Å². The Morgan fingerprint density at radius 2 is 2.00 bits per heavy atom. The topological polar surface area (TPSA) is 23.9 Å². The van der Waals surface area contributed by atoms with Crippen LogP contribution < -0.4 is 0 Å². The predicted octanol–water partition coefficient (Wildman–Crippen LogP) is 2.14. The van der Waals surface area contributed by atoms with Gasteiger partial charge < -0.3 is 0 Å². The van der Waals surface area contributed by atoms with Gasteiger partial charge in [-0.3, -0.25) is 0 Å². The second-order valence-electron chi connectivity index (χ2n) is 0.680. The molecular weight excluding hydrogens is 101 g/mol. The molecule has 0 fully saturated rings. The Morgan fingerprint density at radius 1 is 1.80 bits per heavy atom. The van der Waals surface area contributed by atoms with Crippen molar-refractivity contribution < 1.29 is 0 Å². The van der Waals surface area contributed by atoms with E-state index < -0.39 is 6.92 Å². The fourth-order valence-corrected chi connectivity index (χ4v) is 0. The van der Waals surface area contributed by atoms with E-state index in [2.05, 4.69) is 0 Å². The van der Waals surface area contributed by atoms with E-state index in [0.717, 1.165) is 0 Å². The Morgan fingerprint density at radius 3 is 2.00 bits per heavy atom. The Bertz CT molecular complexity index is 44.9. The maximum atomic E-state index is 6.85. The van der Waals surface area contributed by atoms with Gasteiger partial charge >= 0.3 is 0 Å². The van der Waals surface area contributed by atoms with Gasteiger partial charge in [-0.2, -0.15) is 0 Å². The van der Waals surface area contributed by atoms with Crippen LogP contribution in [0.2, 0.25) is 0 Å². The SMILES string of the molecule is CS[P+](C)=N. The van der Waals surface area contributed by atoms with E-state index in [1.54, 1.807) is 11.4 Å². The van der Waals surface area contributed by atoms with Crippen LogP contribution in [0.4, 0.5) is 0 Å². The lowest BCUT2D eigenvalue weighted by Crippen LogP contribution is -1.32. The highest BCUT2D eigenvalue weighted by Crippen LogP contribution is 2.29. The maximum absolute atomic E-state index is 6.85. The predicted molar refractivity (Wildman–Crippen MR) is 29.1 cm³/mol. The van der Waals surface area contributed by atoms with Crippen molar-refractivity contribution >= 4 is 18.3 Å². The molecule has 0 aromatic heterocycles. The molecule has 3 heteroatoms. The molecule has 0 aromatic carbocycles. The molecule has 0 bridgehead atoms. The summed E-state index contributed by atoms with van der Waals surface area (Å²) in [6.45, 7) is 1.49. The normalized spacial score (nSPS) is 11.2. The van der Waals surface area contributed by atoms with Crippen molar-refractivity contribution in [2.45, 2.75) is 0 Å². The third-order valence-corrected chi connectivity index (χ3v) is 2.46. The van der Waals surface area contributed by atoms with Crippen molar-refractivity contribution in [3.8, 4) is 0 Å². The first kappa shape index (κ1) is 5.45. The van der Waals surface area contributed by atoms with Crippen molar-refractivity contribution in [1.29, 1.82) is 5.16 Å². The Labute approximate surface area is 37.2 Å². The molecule has 5 heavy (non-hydrogen) atoms. The van der Waals surface area contributed by atoms with Crippen molar-refractivity contribution in [2.24, 2.45) is 0 Å². The lowest BCUT2D eigenvalue weighted by atomic mass is 12.0. The van der Waals surface area contributed by atoms with Gasteiger partial charge in [0.25, 0.3) is 6.92 Å². The summed E-state index contributed by atoms with van der Waals surface area (Å²) in [5.41, 5.74) is 0. The van der Waals surface area contributed by atoms with Gasteiger partial charge in [-0.1, -0.05) is 0 Å². The molecule has 30 valence electrons. The smallest absolute Gasteiger partial charge is 0.113 e. The minimum atomic E-state index is -0.432. The average molecular weight is 108 g/mol. The summed E-state index contributed by atoms with van der Waals surface area (Å²) in [5.74, 6) is 0. The molecule has 1 N–H and O–H groups in total. The first-order valence-electron chi connectivity index (χ1n) is 1.26. The summed E-state index contributed by atoms with van der Waals surface area (Å²) in [6, 6.07) is 0. The number of hydrogen-bond donors (Lipinski definition) is 1. The quantitative estimate of drug-likeness (QED) is 0.511. The van der Waals surface area contributed by atoms with E-state index >= 15 is 0 Å². The zero-order chi connectivity index (χ0) is 4.28. The van der Waals surface area contributed by atoms with Crippen LogP contribution >= 0.6 is 18.3 Å². The van der Waals surface area contributed by atoms with Gasteiger partial charge in [0.15, 0.2) is 0 Å². The van der Waals surface area contributed by atoms with Crippen LogP contribution in [-0.2, 0) is 0 Å². The highest BCUT2D eigenvalue weighted by molar-refractivity contribution is 8.51. The Hall–Kier alpha value is 0.450. The maximum Gasteiger partial charge on any atom is 0.265 e. The molecule has 0 amide bonds. The van der Waals surface area contributed by atoms with Gasteiger partial charge in [0.05, 0.1) is 11.4 Å². The molecular formula is C2H7NPS+. The van der Waals surface area contributed by atoms with E-state index in [1.807, 2.05) is 12.9 Å². The molecule has 0 heterocycles. The lowest BCUT2D eigenvalue weighted by molar-refractivity contribution is 1.64. The summed E-state index contributed by atoms with van der Waals surface area (Å²) in [7, 11) is 0. The van der Waals surface area contributed by atoms with Gasteiger partial charge in [0.2, 0.25) is 0 Å². The summed E-state index contributed by atoms with van der Waals surface area (Å²) < 4.78 is 0. The molecule has 0 aliphatic heterocycles. The first-order valence-corrected chi connectivity index (χ1v) is 4.88. The van der Waals surface area contributed by atoms with E-state index in [0.29, 0.717) is 0 Å². The molecule has 0 saturated heterocycles. The van der Waals surface area contributed by atoms with E-state index in [-0.39, 0.29) is 0 Å². The fraction of sp³-hybridized carbons (Fsp3) is 1.00. The lowest BCUT2D eigenvalue weighted by Gasteiger charge is -1.59. The molecule has 0 rings (SSSR count). The molecule has 0 spiro atoms. The zero-order valence-corrected chi connectivity index (χ0v) is 5.07. The fourth-order valence-electron chi connectivity index (χ4n) is 0. The molecule has 1 unspecified atom stereocenters. The number of nitrogens with one attached hydrogen (secondary N) is 1. The van der Waals surface area contributed by atoms with Crippen molar-refractivity contribution in [1.82, 2.24) is 0 Å². The van der Waals surface area contributed by atoms with Crippen LogP contribution in [0.25, 0.3) is 0 Å². The highest BCUT2D eigenvalue weighted by Gasteiger charge is 1.89. The van der Waals surface area contributed by atoms with Gasteiger partial charge in [-0.25, -0.2) is 0 Å². The third-order valence-electron chi connectivity index (χ3n) is 0.274. The summed E-state index contributed by atoms with van der Waals surface area (Å²) in [6.07, 6.45) is 1.96. The number of rotatable bonds is 1. The summed E-state index contributed by atoms with van der Waals surface area (Å²) in [5, 5.41) is 6.85. The molecule has 0 aromatic rings. The number of hydrogen-bond acceptors (Lipinski definition) is 2. The van der Waals surface area contributed by atoms with Crippen LogP contribution in [0.3, 0.4) is 0 Å². The van der Waals surface area contributed by atoms with Gasteiger partial charge in [-0.15, -0.1) is 5.16 Å². The van der Waals surface area contributed by atoms with Crippen LogP contribution in [0, 0.1) is 5.16 Å². The third kappa shape index (κ3) is 4.45. The van der Waals surface area contributed by atoms with Gasteiger partial charge in [0, 0.05) is 6.26 Å². The van der Waals surface area contributed by atoms with Crippen molar-refractivity contribution in [3.05, 3.63) is 0 Å². The van der Waals surface area contributed by atoms with Crippen molar-refractivity contribution in [3.63, 3.8) is 0 Å². The van der Waals surface area contributed by atoms with Crippen LogP contribution in [-0.4, -0.2) is 12.9 Å². The highest BCUT2D eigenvalue weighted by atomic mass is 32.7. The second-order valence-corrected chi connectivity index (χ2v) is 4.78. The molecule has 1 nitrogen and oxygen atoms in total. The minimum Gasteiger partial charge on any atom is -0.113 e. The van der Waals surface area contributed by atoms with E-state index in [9.17, 15) is 0 Å². The molecule has 1 atom stereocenters. The summed E-state index contributed by atoms with van der Waals surface area (Å²) >= 11 is 1.61. The van der Waals surface area contributed by atoms with Crippen LogP contribution in [0.15, 0.2) is 0 Å². The van der Waals surface area contributed by atoms with E-state index in [1.165, 1.54) is 0 Å². The molecule has 0 aliphatic rings. The monoisotopic (exact) mass is 108 g/mol. The summed E-state index contributed by atoms with van der Waals surface area (Å²) in [4.78, 5) is 0. The molecule has 0 saturated carbocycles. The van der Waals surface area contributed by atoms with Crippen LogP contribution in [0.1, 0.15) is 0 Å². The second kappa shape index (κ2) is 2.67. The van der Waals surface area contributed by atoms with E-state index in [4.69, 9.17) is 5.16 Å². The average Bonchev–Trinajstić information content (AvgIpc) is 1.38. The largest absolute Gasteiger partial charge is 0.265 e. The Kier molecular flexibility index (Phi) is 2.92. The zero-order valence-electron chi connectivity index (χ0n) is 3.36. The minimum absolute atomic E-state index is 0.432. The molecule has 0 aliphatic carbocycles.